The van der Waals surface area contributed by atoms with E-state index >= 15 is 0 Å². The Morgan fingerprint density at radius 2 is 2.20 bits per heavy atom. The molecule has 9 heteroatoms. The number of halogens is 2. The van der Waals surface area contributed by atoms with Gasteiger partial charge in [-0.15, -0.1) is 0 Å². The van der Waals surface area contributed by atoms with Crippen molar-refractivity contribution in [3.05, 3.63) is 35.4 Å². The first-order valence-corrected chi connectivity index (χ1v) is 7.74. The summed E-state index contributed by atoms with van der Waals surface area (Å²) in [6.45, 7) is 0.969. The SMILES string of the molecule is N=Cc1c(Nc2cccc(C(F)F)c2)nc(N)nc1N1CCC(O)C1. The van der Waals surface area contributed by atoms with E-state index in [1.807, 2.05) is 4.90 Å². The van der Waals surface area contributed by atoms with E-state index in [-0.39, 0.29) is 17.3 Å². The van der Waals surface area contributed by atoms with Crippen LogP contribution in [0.25, 0.3) is 0 Å². The van der Waals surface area contributed by atoms with Crippen molar-refractivity contribution >= 4 is 29.5 Å². The van der Waals surface area contributed by atoms with E-state index in [4.69, 9.17) is 11.1 Å². The Labute approximate surface area is 143 Å². The Kier molecular flexibility index (Phi) is 4.75. The van der Waals surface area contributed by atoms with E-state index in [9.17, 15) is 13.9 Å². The van der Waals surface area contributed by atoms with Gasteiger partial charge in [-0.2, -0.15) is 9.97 Å². The number of nitrogen functional groups attached to an aromatic ring is 1. The van der Waals surface area contributed by atoms with Gasteiger partial charge in [0.2, 0.25) is 5.95 Å². The fourth-order valence-corrected chi connectivity index (χ4v) is 2.77. The second-order valence-corrected chi connectivity index (χ2v) is 5.75. The van der Waals surface area contributed by atoms with E-state index in [0.717, 1.165) is 6.21 Å². The second-order valence-electron chi connectivity index (χ2n) is 5.75. The highest BCUT2D eigenvalue weighted by atomic mass is 19.3. The average Bonchev–Trinajstić information content (AvgIpc) is 3.01. The van der Waals surface area contributed by atoms with Crippen LogP contribution in [0.2, 0.25) is 0 Å². The standard InChI is InChI=1S/C16H18F2N6O/c17-13(18)9-2-1-3-10(6-9)21-14-12(7-19)15(23-16(20)22-14)24-5-4-11(25)8-24/h1-3,6-7,11,13,19,25H,4-5,8H2,(H3,20,21,22,23). The number of anilines is 4. The summed E-state index contributed by atoms with van der Waals surface area (Å²) in [6.07, 6.45) is -1.37. The number of rotatable bonds is 5. The van der Waals surface area contributed by atoms with Gasteiger partial charge in [-0.3, -0.25) is 0 Å². The third-order valence-corrected chi connectivity index (χ3v) is 3.95. The molecule has 5 N–H and O–H groups in total. The first-order chi connectivity index (χ1) is 12.0. The maximum atomic E-state index is 12.9. The third kappa shape index (κ3) is 3.66. The minimum Gasteiger partial charge on any atom is -0.391 e. The molecule has 0 spiro atoms. The number of hydrogen-bond acceptors (Lipinski definition) is 7. The molecule has 2 heterocycles. The number of benzene rings is 1. The zero-order valence-electron chi connectivity index (χ0n) is 13.3. The molecule has 0 saturated carbocycles. The molecule has 0 amide bonds. The Bertz CT molecular complexity index is 785. The number of alkyl halides is 2. The molecule has 25 heavy (non-hydrogen) atoms. The molecular formula is C16H18F2N6O. The molecule has 132 valence electrons. The highest BCUT2D eigenvalue weighted by molar-refractivity contribution is 5.92. The number of aliphatic hydroxyl groups excluding tert-OH is 1. The molecule has 1 fully saturated rings. The summed E-state index contributed by atoms with van der Waals surface area (Å²) in [4.78, 5) is 10.1. The molecule has 0 bridgehead atoms. The first-order valence-electron chi connectivity index (χ1n) is 7.74. The summed E-state index contributed by atoms with van der Waals surface area (Å²) in [5.74, 6) is 0.686. The van der Waals surface area contributed by atoms with Crippen LogP contribution in [0.4, 0.5) is 32.1 Å². The lowest BCUT2D eigenvalue weighted by molar-refractivity contribution is 0.151. The van der Waals surface area contributed by atoms with Crippen LogP contribution in [-0.4, -0.2) is 40.5 Å². The summed E-state index contributed by atoms with van der Waals surface area (Å²) in [7, 11) is 0. The van der Waals surface area contributed by atoms with Crippen molar-refractivity contribution in [2.24, 2.45) is 0 Å². The molecule has 3 rings (SSSR count). The predicted octanol–water partition coefficient (Wildman–Crippen LogP) is 2.31. The summed E-state index contributed by atoms with van der Waals surface area (Å²) in [5.41, 5.74) is 6.44. The van der Waals surface area contributed by atoms with Crippen LogP contribution in [0.5, 0.6) is 0 Å². The normalized spacial score (nSPS) is 17.1. The lowest BCUT2D eigenvalue weighted by Gasteiger charge is -2.21. The van der Waals surface area contributed by atoms with Gasteiger partial charge in [-0.05, 0) is 18.6 Å². The minimum atomic E-state index is -2.58. The minimum absolute atomic E-state index is 0.00509. The number of aromatic nitrogens is 2. The van der Waals surface area contributed by atoms with Gasteiger partial charge in [0, 0.05) is 30.6 Å². The summed E-state index contributed by atoms with van der Waals surface area (Å²) >= 11 is 0. The van der Waals surface area contributed by atoms with Crippen LogP contribution in [0.15, 0.2) is 24.3 Å². The van der Waals surface area contributed by atoms with E-state index in [2.05, 4.69) is 15.3 Å². The Morgan fingerprint density at radius 1 is 1.40 bits per heavy atom. The molecule has 1 aromatic carbocycles. The number of nitrogens with zero attached hydrogens (tertiary/aromatic N) is 3. The fourth-order valence-electron chi connectivity index (χ4n) is 2.77. The maximum absolute atomic E-state index is 12.9. The number of aliphatic hydroxyl groups is 1. The molecule has 1 aliphatic heterocycles. The highest BCUT2D eigenvalue weighted by Crippen LogP contribution is 2.30. The molecule has 1 aromatic heterocycles. The zero-order valence-corrected chi connectivity index (χ0v) is 13.3. The molecule has 2 aromatic rings. The molecule has 0 aliphatic carbocycles. The van der Waals surface area contributed by atoms with Crippen molar-refractivity contribution in [1.29, 1.82) is 5.41 Å². The average molecular weight is 348 g/mol. The van der Waals surface area contributed by atoms with Gasteiger partial charge >= 0.3 is 0 Å². The number of hydrogen-bond donors (Lipinski definition) is 4. The van der Waals surface area contributed by atoms with Crippen LogP contribution in [0.3, 0.4) is 0 Å². The first kappa shape index (κ1) is 17.0. The van der Waals surface area contributed by atoms with Gasteiger partial charge in [0.05, 0.1) is 11.7 Å². The van der Waals surface area contributed by atoms with Crippen molar-refractivity contribution in [3.8, 4) is 0 Å². The van der Waals surface area contributed by atoms with Gasteiger partial charge < -0.3 is 26.5 Å². The van der Waals surface area contributed by atoms with Crippen molar-refractivity contribution in [2.75, 3.05) is 29.0 Å². The predicted molar refractivity (Wildman–Crippen MR) is 91.8 cm³/mol. The van der Waals surface area contributed by atoms with Gasteiger partial charge in [-0.25, -0.2) is 8.78 Å². The number of nitrogens with two attached hydrogens (primary N) is 1. The van der Waals surface area contributed by atoms with Crippen LogP contribution < -0.4 is 16.0 Å². The Balaban J connectivity index is 1.97. The van der Waals surface area contributed by atoms with Gasteiger partial charge in [0.15, 0.2) is 0 Å². The van der Waals surface area contributed by atoms with Crippen molar-refractivity contribution in [2.45, 2.75) is 19.0 Å². The summed E-state index contributed by atoms with van der Waals surface area (Å²) < 4.78 is 25.7. The second kappa shape index (κ2) is 6.98. The number of nitrogens with one attached hydrogen (secondary N) is 2. The Hall–Kier alpha value is -2.81. The zero-order chi connectivity index (χ0) is 18.0. The molecule has 1 unspecified atom stereocenters. The van der Waals surface area contributed by atoms with Crippen molar-refractivity contribution in [3.63, 3.8) is 0 Å². The van der Waals surface area contributed by atoms with Crippen LogP contribution >= 0.6 is 0 Å². The molecule has 7 nitrogen and oxygen atoms in total. The molecule has 1 atom stereocenters. The van der Waals surface area contributed by atoms with E-state index in [1.165, 1.54) is 18.2 Å². The fraction of sp³-hybridized carbons (Fsp3) is 0.312. The van der Waals surface area contributed by atoms with Crippen molar-refractivity contribution in [1.82, 2.24) is 9.97 Å². The molecule has 0 radical (unpaired) electrons. The van der Waals surface area contributed by atoms with Crippen LogP contribution in [-0.2, 0) is 0 Å². The van der Waals surface area contributed by atoms with Gasteiger partial charge in [0.1, 0.15) is 11.6 Å². The third-order valence-electron chi connectivity index (χ3n) is 3.95. The monoisotopic (exact) mass is 348 g/mol. The number of β-amino-alcohol motifs (C(OH)–C–C–N with tert-alkyl or cyclic N) is 1. The molecule has 1 aliphatic rings. The lowest BCUT2D eigenvalue weighted by atomic mass is 10.2. The van der Waals surface area contributed by atoms with Crippen LogP contribution in [0.1, 0.15) is 24.0 Å². The Morgan fingerprint density at radius 3 is 2.84 bits per heavy atom. The van der Waals surface area contributed by atoms with Gasteiger partial charge in [0.25, 0.3) is 6.43 Å². The summed E-state index contributed by atoms with van der Waals surface area (Å²) in [5, 5.41) is 20.3. The lowest BCUT2D eigenvalue weighted by Crippen LogP contribution is -2.25. The molecular weight excluding hydrogens is 330 g/mol. The topological polar surface area (TPSA) is 111 Å². The van der Waals surface area contributed by atoms with Crippen molar-refractivity contribution < 1.29 is 13.9 Å². The molecule has 1 saturated heterocycles. The largest absolute Gasteiger partial charge is 0.391 e. The van der Waals surface area contributed by atoms with E-state index < -0.39 is 12.5 Å². The highest BCUT2D eigenvalue weighted by Gasteiger charge is 2.25. The maximum Gasteiger partial charge on any atom is 0.263 e. The summed E-state index contributed by atoms with van der Waals surface area (Å²) in [6, 6.07) is 5.78. The van der Waals surface area contributed by atoms with Crippen LogP contribution in [0, 0.1) is 5.41 Å². The van der Waals surface area contributed by atoms with E-state index in [1.54, 1.807) is 6.07 Å². The van der Waals surface area contributed by atoms with Gasteiger partial charge in [-0.1, -0.05) is 12.1 Å². The quantitative estimate of drug-likeness (QED) is 0.617. The smallest absolute Gasteiger partial charge is 0.263 e. The van der Waals surface area contributed by atoms with E-state index in [0.29, 0.717) is 36.6 Å².